The lowest BCUT2D eigenvalue weighted by Crippen LogP contribution is -2.38. The molecule has 1 atom stereocenters. The smallest absolute Gasteiger partial charge is 0.341 e. The quantitative estimate of drug-likeness (QED) is 0.753. The van der Waals surface area contributed by atoms with Crippen LogP contribution < -0.4 is 15.1 Å². The van der Waals surface area contributed by atoms with Gasteiger partial charge in [-0.05, 0) is 56.1 Å². The number of nitrogens with zero attached hydrogens (tertiary/aromatic N) is 2. The van der Waals surface area contributed by atoms with E-state index in [1.807, 2.05) is 17.1 Å². The van der Waals surface area contributed by atoms with Crippen molar-refractivity contribution in [1.82, 2.24) is 5.32 Å². The van der Waals surface area contributed by atoms with E-state index in [0.29, 0.717) is 16.7 Å². The molecule has 1 aromatic carbocycles. The predicted molar refractivity (Wildman–Crippen MR) is 92.5 cm³/mol. The van der Waals surface area contributed by atoms with Gasteiger partial charge >= 0.3 is 5.97 Å². The lowest BCUT2D eigenvalue weighted by atomic mass is 9.97. The van der Waals surface area contributed by atoms with Gasteiger partial charge in [-0.1, -0.05) is 11.8 Å². The van der Waals surface area contributed by atoms with Crippen molar-refractivity contribution in [3.63, 3.8) is 0 Å². The number of ether oxygens (including phenoxy) is 1. The first-order valence-corrected chi connectivity index (χ1v) is 8.70. The maximum absolute atomic E-state index is 11.1. The van der Waals surface area contributed by atoms with Crippen LogP contribution in [0.5, 0.6) is 5.75 Å². The molecule has 24 heavy (non-hydrogen) atoms. The van der Waals surface area contributed by atoms with E-state index in [0.717, 1.165) is 37.9 Å². The highest BCUT2D eigenvalue weighted by Gasteiger charge is 2.35. The maximum atomic E-state index is 11.1. The molecular formula is C16H19N3O4S. The molecule has 2 N–H and O–H groups in total. The van der Waals surface area contributed by atoms with Crippen LogP contribution in [0, 0.1) is 5.92 Å². The van der Waals surface area contributed by atoms with Crippen LogP contribution in [0.3, 0.4) is 0 Å². The molecule has 1 aromatic rings. The lowest BCUT2D eigenvalue weighted by molar-refractivity contribution is -0.139. The van der Waals surface area contributed by atoms with Crippen LogP contribution in [0.15, 0.2) is 29.4 Å². The number of piperidine rings is 1. The van der Waals surface area contributed by atoms with E-state index >= 15 is 0 Å². The van der Waals surface area contributed by atoms with Gasteiger partial charge in [-0.2, -0.15) is 5.10 Å². The van der Waals surface area contributed by atoms with Crippen LogP contribution in [-0.4, -0.2) is 47.5 Å². The molecule has 3 rings (SSSR count). The molecule has 0 aliphatic carbocycles. The first-order valence-electron chi connectivity index (χ1n) is 7.82. The molecule has 8 heteroatoms. The number of nitrogens with one attached hydrogen (secondary N) is 1. The molecule has 2 aliphatic heterocycles. The first-order chi connectivity index (χ1) is 11.7. The summed E-state index contributed by atoms with van der Waals surface area (Å²) in [6, 6.07) is 7.11. The number of anilines is 1. The average molecular weight is 349 g/mol. The van der Waals surface area contributed by atoms with Crippen molar-refractivity contribution >= 4 is 34.7 Å². The minimum Gasteiger partial charge on any atom is -0.482 e. The van der Waals surface area contributed by atoms with Crippen LogP contribution >= 0.6 is 11.8 Å². The summed E-state index contributed by atoms with van der Waals surface area (Å²) in [7, 11) is 0. The Balaban J connectivity index is 1.75. The summed E-state index contributed by atoms with van der Waals surface area (Å²) >= 11 is 1.51. The molecule has 7 nitrogen and oxygen atoms in total. The van der Waals surface area contributed by atoms with Gasteiger partial charge < -0.3 is 15.2 Å². The Bertz CT molecular complexity index is 629. The van der Waals surface area contributed by atoms with Gasteiger partial charge in [0, 0.05) is 0 Å². The molecule has 128 valence electrons. The van der Waals surface area contributed by atoms with E-state index in [-0.39, 0.29) is 12.0 Å². The van der Waals surface area contributed by atoms with Crippen molar-refractivity contribution in [2.45, 2.75) is 18.2 Å². The summed E-state index contributed by atoms with van der Waals surface area (Å²) in [5.74, 6) is -0.0624. The Morgan fingerprint density at radius 2 is 2.08 bits per heavy atom. The number of carboxylic acid groups (broad SMARTS) is 1. The number of hydrazone groups is 1. The molecule has 0 amide bonds. The van der Waals surface area contributed by atoms with Crippen LogP contribution in [0.1, 0.15) is 12.8 Å². The minimum absolute atomic E-state index is 0.109. The maximum Gasteiger partial charge on any atom is 0.341 e. The summed E-state index contributed by atoms with van der Waals surface area (Å²) < 4.78 is 5.15. The Morgan fingerprint density at radius 1 is 1.38 bits per heavy atom. The van der Waals surface area contributed by atoms with E-state index in [4.69, 9.17) is 9.84 Å². The lowest BCUT2D eigenvalue weighted by Gasteiger charge is -2.32. The SMILES string of the molecule is O=CC1=NN(c2ccc(OCC(=O)O)cc2)C(C2CCNCC2)S1. The fraction of sp³-hybridized carbons (Fsp3) is 0.438. The van der Waals surface area contributed by atoms with Crippen molar-refractivity contribution in [2.75, 3.05) is 24.7 Å². The average Bonchev–Trinajstić information content (AvgIpc) is 3.05. The van der Waals surface area contributed by atoms with Gasteiger partial charge in [0.2, 0.25) is 0 Å². The fourth-order valence-corrected chi connectivity index (χ4v) is 4.05. The molecule has 0 spiro atoms. The van der Waals surface area contributed by atoms with Gasteiger partial charge in [-0.3, -0.25) is 9.80 Å². The van der Waals surface area contributed by atoms with Crippen LogP contribution in [0.2, 0.25) is 0 Å². The first kappa shape index (κ1) is 16.8. The zero-order chi connectivity index (χ0) is 16.9. The molecule has 2 heterocycles. The normalized spacial score (nSPS) is 21.4. The highest BCUT2D eigenvalue weighted by molar-refractivity contribution is 8.16. The van der Waals surface area contributed by atoms with Crippen LogP contribution in [-0.2, 0) is 9.59 Å². The second-order valence-electron chi connectivity index (χ2n) is 5.67. The third kappa shape index (κ3) is 3.88. The topological polar surface area (TPSA) is 91.2 Å². The molecule has 0 aromatic heterocycles. The van der Waals surface area contributed by atoms with E-state index in [1.165, 1.54) is 11.8 Å². The van der Waals surface area contributed by atoms with Gasteiger partial charge in [0.1, 0.15) is 11.1 Å². The monoisotopic (exact) mass is 349 g/mol. The number of rotatable bonds is 6. The van der Waals surface area contributed by atoms with Crippen molar-refractivity contribution < 1.29 is 19.4 Å². The van der Waals surface area contributed by atoms with Gasteiger partial charge in [0.15, 0.2) is 17.9 Å². The molecule has 0 radical (unpaired) electrons. The molecule has 1 unspecified atom stereocenters. The molecule has 0 saturated carbocycles. The number of benzene rings is 1. The molecule has 2 aliphatic rings. The number of hydrogen-bond acceptors (Lipinski definition) is 7. The van der Waals surface area contributed by atoms with Crippen molar-refractivity contribution in [2.24, 2.45) is 11.0 Å². The summed E-state index contributed by atoms with van der Waals surface area (Å²) in [5.41, 5.74) is 0.866. The minimum atomic E-state index is -1.01. The second kappa shape index (κ2) is 7.67. The Labute approximate surface area is 144 Å². The molecule has 1 saturated heterocycles. The van der Waals surface area contributed by atoms with E-state index in [2.05, 4.69) is 10.4 Å². The van der Waals surface area contributed by atoms with Gasteiger partial charge in [-0.15, -0.1) is 0 Å². The van der Waals surface area contributed by atoms with Crippen molar-refractivity contribution in [1.29, 1.82) is 0 Å². The third-order valence-corrected chi connectivity index (χ3v) is 5.29. The van der Waals surface area contributed by atoms with Crippen molar-refractivity contribution in [3.05, 3.63) is 24.3 Å². The zero-order valence-corrected chi connectivity index (χ0v) is 13.9. The highest BCUT2D eigenvalue weighted by Crippen LogP contribution is 2.38. The number of hydrogen-bond donors (Lipinski definition) is 2. The van der Waals surface area contributed by atoms with Crippen LogP contribution in [0.25, 0.3) is 0 Å². The largest absolute Gasteiger partial charge is 0.482 e. The molecule has 0 bridgehead atoms. The number of carbonyl (C=O) groups excluding carboxylic acids is 1. The van der Waals surface area contributed by atoms with Gasteiger partial charge in [0.25, 0.3) is 0 Å². The van der Waals surface area contributed by atoms with Gasteiger partial charge in [0.05, 0.1) is 5.69 Å². The van der Waals surface area contributed by atoms with E-state index in [9.17, 15) is 9.59 Å². The zero-order valence-electron chi connectivity index (χ0n) is 13.1. The van der Waals surface area contributed by atoms with Crippen LogP contribution in [0.4, 0.5) is 5.69 Å². The Morgan fingerprint density at radius 3 is 2.71 bits per heavy atom. The number of thioether (sulfide) groups is 1. The van der Waals surface area contributed by atoms with Gasteiger partial charge in [-0.25, -0.2) is 4.79 Å². The molecular weight excluding hydrogens is 330 g/mol. The number of aldehydes is 1. The number of aliphatic carboxylic acids is 1. The third-order valence-electron chi connectivity index (χ3n) is 4.04. The summed E-state index contributed by atoms with van der Waals surface area (Å²) in [6.45, 7) is 1.59. The second-order valence-corrected chi connectivity index (χ2v) is 6.81. The number of carboxylic acids is 1. The standard InChI is InChI=1S/C16H19N3O4S/c20-9-14-18-19(16(24-14)11-5-7-17-8-6-11)12-1-3-13(4-2-12)23-10-15(21)22/h1-4,9,11,16-17H,5-8,10H2,(H,21,22). The van der Waals surface area contributed by atoms with E-state index < -0.39 is 5.97 Å². The summed E-state index contributed by atoms with van der Waals surface area (Å²) in [6.07, 6.45) is 2.90. The summed E-state index contributed by atoms with van der Waals surface area (Å²) in [5, 5.41) is 18.9. The fourth-order valence-electron chi connectivity index (χ4n) is 2.88. The summed E-state index contributed by atoms with van der Waals surface area (Å²) in [4.78, 5) is 21.7. The number of carbonyl (C=O) groups is 2. The highest BCUT2D eigenvalue weighted by atomic mass is 32.2. The predicted octanol–water partition coefficient (Wildman–Crippen LogP) is 1.54. The Kier molecular flexibility index (Phi) is 5.37. The van der Waals surface area contributed by atoms with Crippen molar-refractivity contribution in [3.8, 4) is 5.75 Å². The molecule has 1 fully saturated rings. The Hall–Kier alpha value is -2.06. The van der Waals surface area contributed by atoms with E-state index in [1.54, 1.807) is 12.1 Å².